The van der Waals surface area contributed by atoms with Crippen LogP contribution in [0.3, 0.4) is 0 Å². The van der Waals surface area contributed by atoms with E-state index in [1.54, 1.807) is 0 Å². The molecule has 5 rings (SSSR count). The zero-order valence-corrected chi connectivity index (χ0v) is 16.8. The molecule has 4 nitrogen and oxygen atoms in total. The van der Waals surface area contributed by atoms with Crippen LogP contribution in [0.2, 0.25) is 0 Å². The van der Waals surface area contributed by atoms with Crippen LogP contribution in [0.5, 0.6) is 0 Å². The summed E-state index contributed by atoms with van der Waals surface area (Å²) in [6, 6.07) is 20.1. The van der Waals surface area contributed by atoms with Gasteiger partial charge in [0.15, 0.2) is 5.60 Å². The summed E-state index contributed by atoms with van der Waals surface area (Å²) in [5.41, 5.74) is 0.711. The fraction of sp³-hybridized carbons (Fsp3) is 0.480. The van der Waals surface area contributed by atoms with Crippen molar-refractivity contribution in [2.75, 3.05) is 19.6 Å². The third-order valence-corrected chi connectivity index (χ3v) is 7.45. The molecular formula is C25H30N2O2. The zero-order valence-electron chi connectivity index (χ0n) is 16.8. The average Bonchev–Trinajstić information content (AvgIpc) is 3.16. The van der Waals surface area contributed by atoms with Crippen molar-refractivity contribution in [3.05, 3.63) is 71.8 Å². The van der Waals surface area contributed by atoms with Gasteiger partial charge in [-0.05, 0) is 41.7 Å². The van der Waals surface area contributed by atoms with E-state index in [2.05, 4.69) is 40.5 Å². The third-order valence-electron chi connectivity index (χ3n) is 7.45. The second kappa shape index (κ2) is 7.58. The molecule has 0 aromatic heterocycles. The molecule has 3 unspecified atom stereocenters. The number of nitrogens with one attached hydrogen (secondary N) is 1. The number of nitrogens with zero attached hydrogens (tertiary/aromatic N) is 1. The Kier molecular flexibility index (Phi) is 4.92. The topological polar surface area (TPSA) is 52.6 Å². The van der Waals surface area contributed by atoms with Gasteiger partial charge in [-0.2, -0.15) is 0 Å². The molecule has 4 heteroatoms. The van der Waals surface area contributed by atoms with Crippen molar-refractivity contribution in [2.24, 2.45) is 23.7 Å². The van der Waals surface area contributed by atoms with E-state index in [0.29, 0.717) is 24.3 Å². The molecule has 0 bridgehead atoms. The zero-order chi connectivity index (χ0) is 19.8. The Bertz CT molecular complexity index is 840. The lowest BCUT2D eigenvalue weighted by Crippen LogP contribution is -2.52. The molecule has 3 aliphatic rings. The van der Waals surface area contributed by atoms with Crippen molar-refractivity contribution in [3.63, 3.8) is 0 Å². The number of rotatable bonds is 7. The summed E-state index contributed by atoms with van der Waals surface area (Å²) in [5.74, 6) is 1.76. The first kappa shape index (κ1) is 18.8. The van der Waals surface area contributed by atoms with E-state index >= 15 is 0 Å². The highest BCUT2D eigenvalue weighted by Crippen LogP contribution is 2.51. The fourth-order valence-corrected chi connectivity index (χ4v) is 5.43. The number of aliphatic hydroxyl groups is 1. The first-order valence-corrected chi connectivity index (χ1v) is 11.0. The minimum atomic E-state index is -1.39. The Morgan fingerprint density at radius 3 is 2.21 bits per heavy atom. The molecule has 3 atom stereocenters. The Morgan fingerprint density at radius 1 is 1.00 bits per heavy atom. The molecule has 3 fully saturated rings. The van der Waals surface area contributed by atoms with Crippen LogP contribution in [0.1, 0.15) is 30.4 Å². The quantitative estimate of drug-likeness (QED) is 0.764. The van der Waals surface area contributed by atoms with Crippen LogP contribution in [0.25, 0.3) is 0 Å². The Hall–Kier alpha value is -2.17. The number of likely N-dealkylation sites (tertiary alicyclic amines) is 1. The van der Waals surface area contributed by atoms with Gasteiger partial charge in [-0.15, -0.1) is 0 Å². The van der Waals surface area contributed by atoms with Crippen LogP contribution in [0, 0.1) is 23.7 Å². The molecule has 2 saturated carbocycles. The van der Waals surface area contributed by atoms with E-state index in [9.17, 15) is 9.90 Å². The van der Waals surface area contributed by atoms with Gasteiger partial charge in [0, 0.05) is 32.1 Å². The average molecular weight is 391 g/mol. The summed E-state index contributed by atoms with van der Waals surface area (Å²) in [7, 11) is 0. The number of hydrogen-bond acceptors (Lipinski definition) is 3. The first-order chi connectivity index (χ1) is 14.2. The molecule has 0 spiro atoms. The predicted octanol–water partition coefficient (Wildman–Crippen LogP) is 3.17. The molecule has 1 amide bonds. The maximum atomic E-state index is 13.1. The number of carbonyl (C=O) groups is 1. The van der Waals surface area contributed by atoms with Gasteiger partial charge in [-0.3, -0.25) is 9.69 Å². The van der Waals surface area contributed by atoms with E-state index in [-0.39, 0.29) is 11.8 Å². The van der Waals surface area contributed by atoms with E-state index in [0.717, 1.165) is 44.5 Å². The summed E-state index contributed by atoms with van der Waals surface area (Å²) in [4.78, 5) is 15.6. The molecule has 2 aromatic carbocycles. The van der Waals surface area contributed by atoms with Crippen molar-refractivity contribution in [1.82, 2.24) is 10.2 Å². The van der Waals surface area contributed by atoms with Crippen LogP contribution in [-0.4, -0.2) is 35.5 Å². The largest absolute Gasteiger partial charge is 0.375 e. The Balaban J connectivity index is 1.16. The van der Waals surface area contributed by atoms with Gasteiger partial charge in [-0.25, -0.2) is 0 Å². The number of piperidine rings is 1. The van der Waals surface area contributed by atoms with Gasteiger partial charge in [0.1, 0.15) is 0 Å². The number of amides is 1. The molecule has 152 valence electrons. The normalized spacial score (nSPS) is 28.2. The summed E-state index contributed by atoms with van der Waals surface area (Å²) in [6.07, 6.45) is 2.93. The van der Waals surface area contributed by atoms with Crippen LogP contribution in [0.15, 0.2) is 60.7 Å². The molecule has 2 aliphatic carbocycles. The van der Waals surface area contributed by atoms with Crippen molar-refractivity contribution in [1.29, 1.82) is 0 Å². The minimum Gasteiger partial charge on any atom is -0.375 e. The third kappa shape index (κ3) is 3.49. The molecule has 1 heterocycles. The maximum Gasteiger partial charge on any atom is 0.256 e. The van der Waals surface area contributed by atoms with Gasteiger partial charge in [0.05, 0.1) is 0 Å². The maximum absolute atomic E-state index is 13.1. The highest BCUT2D eigenvalue weighted by molar-refractivity contribution is 5.86. The second-order valence-electron chi connectivity index (χ2n) is 9.14. The molecule has 1 aliphatic heterocycles. The number of hydrogen-bond donors (Lipinski definition) is 2. The van der Waals surface area contributed by atoms with E-state index in [1.165, 1.54) is 5.56 Å². The fourth-order valence-electron chi connectivity index (χ4n) is 5.43. The van der Waals surface area contributed by atoms with E-state index in [4.69, 9.17) is 0 Å². The smallest absolute Gasteiger partial charge is 0.256 e. The standard InChI is InChI=1S/C25H30N2O2/c28-24(25(29,20-12-7-13-20)19-10-5-2-6-11-19)26-14-21-22-16-27(17-23(21)22)15-18-8-3-1-4-9-18/h1-6,8-11,20-23,29H,7,12-17H2,(H,26,28). The van der Waals surface area contributed by atoms with Crippen LogP contribution < -0.4 is 5.32 Å². The lowest BCUT2D eigenvalue weighted by Gasteiger charge is -2.40. The van der Waals surface area contributed by atoms with Crippen molar-refractivity contribution in [3.8, 4) is 0 Å². The van der Waals surface area contributed by atoms with Gasteiger partial charge < -0.3 is 10.4 Å². The molecular weight excluding hydrogens is 360 g/mol. The SMILES string of the molecule is O=C(NCC1C2CN(Cc3ccccc3)CC12)C(O)(c1ccccc1)C1CCC1. The van der Waals surface area contributed by atoms with Gasteiger partial charge >= 0.3 is 0 Å². The van der Waals surface area contributed by atoms with E-state index in [1.807, 2.05) is 30.3 Å². The lowest BCUT2D eigenvalue weighted by molar-refractivity contribution is -0.152. The van der Waals surface area contributed by atoms with Crippen LogP contribution in [-0.2, 0) is 16.9 Å². The summed E-state index contributed by atoms with van der Waals surface area (Å²) < 4.78 is 0. The molecule has 2 N–H and O–H groups in total. The Labute approximate surface area is 172 Å². The van der Waals surface area contributed by atoms with Crippen LogP contribution >= 0.6 is 0 Å². The molecule has 1 saturated heterocycles. The first-order valence-electron chi connectivity index (χ1n) is 11.0. The molecule has 2 aromatic rings. The molecule has 0 radical (unpaired) electrons. The van der Waals surface area contributed by atoms with E-state index < -0.39 is 5.60 Å². The summed E-state index contributed by atoms with van der Waals surface area (Å²) in [6.45, 7) is 3.94. The van der Waals surface area contributed by atoms with Gasteiger partial charge in [0.25, 0.3) is 5.91 Å². The van der Waals surface area contributed by atoms with Crippen LogP contribution in [0.4, 0.5) is 0 Å². The van der Waals surface area contributed by atoms with Gasteiger partial charge in [-0.1, -0.05) is 67.1 Å². The predicted molar refractivity (Wildman–Crippen MR) is 113 cm³/mol. The lowest BCUT2D eigenvalue weighted by atomic mass is 9.69. The van der Waals surface area contributed by atoms with Crippen molar-refractivity contribution >= 4 is 5.91 Å². The second-order valence-corrected chi connectivity index (χ2v) is 9.14. The minimum absolute atomic E-state index is 0.0324. The number of carbonyl (C=O) groups excluding carboxylic acids is 1. The monoisotopic (exact) mass is 390 g/mol. The summed E-state index contributed by atoms with van der Waals surface area (Å²) in [5, 5.41) is 14.5. The van der Waals surface area contributed by atoms with Crippen molar-refractivity contribution in [2.45, 2.75) is 31.4 Å². The highest BCUT2D eigenvalue weighted by atomic mass is 16.3. The number of benzene rings is 2. The number of fused-ring (bicyclic) bond motifs is 1. The Morgan fingerprint density at radius 2 is 1.62 bits per heavy atom. The van der Waals surface area contributed by atoms with Crippen molar-refractivity contribution < 1.29 is 9.90 Å². The summed E-state index contributed by atoms with van der Waals surface area (Å²) >= 11 is 0. The highest BCUT2D eigenvalue weighted by Gasteiger charge is 2.56. The molecule has 29 heavy (non-hydrogen) atoms. The van der Waals surface area contributed by atoms with Gasteiger partial charge in [0.2, 0.25) is 0 Å².